The van der Waals surface area contributed by atoms with E-state index in [-0.39, 0.29) is 5.91 Å². The number of carbonyl (C=O) groups is 1. The number of amides is 1. The first-order valence-corrected chi connectivity index (χ1v) is 9.83. The van der Waals surface area contributed by atoms with E-state index in [4.69, 9.17) is 4.98 Å². The first-order valence-electron chi connectivity index (χ1n) is 9.01. The van der Waals surface area contributed by atoms with Crippen molar-refractivity contribution in [2.45, 2.75) is 0 Å². The second kappa shape index (κ2) is 7.01. The Morgan fingerprint density at radius 3 is 2.64 bits per heavy atom. The van der Waals surface area contributed by atoms with Crippen molar-refractivity contribution < 1.29 is 4.79 Å². The zero-order valence-corrected chi connectivity index (χ0v) is 15.8. The molecular formula is C19H17N7OS. The molecule has 1 amide bonds. The van der Waals surface area contributed by atoms with Crippen LogP contribution in [0.5, 0.6) is 0 Å². The zero-order valence-electron chi connectivity index (χ0n) is 15.0. The van der Waals surface area contributed by atoms with E-state index in [1.165, 1.54) is 11.0 Å². The molecule has 5 rings (SSSR count). The van der Waals surface area contributed by atoms with Crippen molar-refractivity contribution in [3.63, 3.8) is 0 Å². The number of para-hydroxylation sites is 1. The minimum atomic E-state index is 0.0267. The van der Waals surface area contributed by atoms with Gasteiger partial charge in [-0.25, -0.2) is 9.67 Å². The number of hydrogen-bond acceptors (Lipinski definition) is 7. The first-order chi connectivity index (χ1) is 13.8. The van der Waals surface area contributed by atoms with Crippen LogP contribution >= 0.6 is 11.3 Å². The van der Waals surface area contributed by atoms with E-state index < -0.39 is 0 Å². The number of benzene rings is 2. The molecule has 28 heavy (non-hydrogen) atoms. The highest BCUT2D eigenvalue weighted by atomic mass is 32.1. The van der Waals surface area contributed by atoms with Crippen LogP contribution in [0.2, 0.25) is 0 Å². The smallest absolute Gasteiger partial charge is 0.254 e. The van der Waals surface area contributed by atoms with Gasteiger partial charge in [-0.1, -0.05) is 29.5 Å². The third kappa shape index (κ3) is 3.09. The van der Waals surface area contributed by atoms with E-state index in [9.17, 15) is 4.79 Å². The SMILES string of the molecule is O=C(c1cccc(-n2cnnn2)c1)N1CCN(c2nc3ccccc3s2)CC1. The number of fused-ring (bicyclic) bond motifs is 1. The van der Waals surface area contributed by atoms with Crippen molar-refractivity contribution in [2.24, 2.45) is 0 Å². The maximum Gasteiger partial charge on any atom is 0.254 e. The zero-order chi connectivity index (χ0) is 18.9. The lowest BCUT2D eigenvalue weighted by molar-refractivity contribution is 0.0746. The van der Waals surface area contributed by atoms with Crippen molar-refractivity contribution in [3.05, 3.63) is 60.4 Å². The summed E-state index contributed by atoms with van der Waals surface area (Å²) in [6.07, 6.45) is 1.51. The van der Waals surface area contributed by atoms with E-state index in [2.05, 4.69) is 26.5 Å². The number of anilines is 1. The molecule has 0 N–H and O–H groups in total. The van der Waals surface area contributed by atoms with Crippen LogP contribution in [0.25, 0.3) is 15.9 Å². The monoisotopic (exact) mass is 391 g/mol. The van der Waals surface area contributed by atoms with Gasteiger partial charge in [0.2, 0.25) is 0 Å². The topological polar surface area (TPSA) is 80.0 Å². The number of hydrogen-bond donors (Lipinski definition) is 0. The van der Waals surface area contributed by atoms with Gasteiger partial charge in [-0.15, -0.1) is 5.10 Å². The third-order valence-electron chi connectivity index (χ3n) is 4.83. The fourth-order valence-corrected chi connectivity index (χ4v) is 4.36. The summed E-state index contributed by atoms with van der Waals surface area (Å²) in [7, 11) is 0. The lowest BCUT2D eigenvalue weighted by atomic mass is 10.1. The summed E-state index contributed by atoms with van der Waals surface area (Å²) in [4.78, 5) is 21.8. The lowest BCUT2D eigenvalue weighted by Crippen LogP contribution is -2.48. The Labute approximate surface area is 165 Å². The number of tetrazole rings is 1. The maximum atomic E-state index is 12.9. The highest BCUT2D eigenvalue weighted by molar-refractivity contribution is 7.22. The standard InChI is InChI=1S/C19H17N7OS/c27-18(14-4-3-5-15(12-14)26-13-20-22-23-26)24-8-10-25(11-9-24)19-21-16-6-1-2-7-17(16)28-19/h1-7,12-13H,8-11H2. The molecule has 2 aromatic carbocycles. The normalized spacial score (nSPS) is 14.6. The fraction of sp³-hybridized carbons (Fsp3) is 0.211. The van der Waals surface area contributed by atoms with Crippen LogP contribution in [0.4, 0.5) is 5.13 Å². The number of piperazine rings is 1. The van der Waals surface area contributed by atoms with Crippen LogP contribution in [-0.2, 0) is 0 Å². The van der Waals surface area contributed by atoms with Crippen molar-refractivity contribution in [1.82, 2.24) is 30.1 Å². The van der Waals surface area contributed by atoms with Crippen LogP contribution < -0.4 is 4.90 Å². The Morgan fingerprint density at radius 1 is 1.00 bits per heavy atom. The molecule has 4 aromatic rings. The van der Waals surface area contributed by atoms with Gasteiger partial charge in [0.25, 0.3) is 5.91 Å². The molecule has 1 aliphatic rings. The molecule has 8 nitrogen and oxygen atoms in total. The van der Waals surface area contributed by atoms with Gasteiger partial charge in [-0.2, -0.15) is 0 Å². The van der Waals surface area contributed by atoms with Crippen molar-refractivity contribution in [1.29, 1.82) is 0 Å². The van der Waals surface area contributed by atoms with Gasteiger partial charge in [-0.05, 0) is 40.8 Å². The highest BCUT2D eigenvalue weighted by Gasteiger charge is 2.24. The second-order valence-electron chi connectivity index (χ2n) is 6.55. The molecule has 0 radical (unpaired) electrons. The average Bonchev–Trinajstić information content (AvgIpc) is 3.43. The van der Waals surface area contributed by atoms with Gasteiger partial charge >= 0.3 is 0 Å². The molecule has 0 saturated carbocycles. The molecule has 9 heteroatoms. The second-order valence-corrected chi connectivity index (χ2v) is 7.56. The van der Waals surface area contributed by atoms with Crippen molar-refractivity contribution >= 4 is 32.6 Å². The van der Waals surface area contributed by atoms with Gasteiger partial charge in [-0.3, -0.25) is 4.79 Å². The predicted octanol–water partition coefficient (Wildman–Crippen LogP) is 2.23. The summed E-state index contributed by atoms with van der Waals surface area (Å²) in [6, 6.07) is 15.5. The number of rotatable bonds is 3. The number of carbonyl (C=O) groups excluding carboxylic acids is 1. The van der Waals surface area contributed by atoms with E-state index in [0.29, 0.717) is 18.7 Å². The first kappa shape index (κ1) is 16.8. The molecule has 0 spiro atoms. The summed E-state index contributed by atoms with van der Waals surface area (Å²) in [5.74, 6) is 0.0267. The largest absolute Gasteiger partial charge is 0.345 e. The quantitative estimate of drug-likeness (QED) is 0.533. The fourth-order valence-electron chi connectivity index (χ4n) is 3.34. The van der Waals surface area contributed by atoms with Crippen LogP contribution in [0.3, 0.4) is 0 Å². The summed E-state index contributed by atoms with van der Waals surface area (Å²) in [5.41, 5.74) is 2.44. The molecule has 0 unspecified atom stereocenters. The summed E-state index contributed by atoms with van der Waals surface area (Å²) < 4.78 is 2.73. The Balaban J connectivity index is 1.29. The average molecular weight is 391 g/mol. The molecule has 1 aliphatic heterocycles. The molecule has 140 valence electrons. The molecule has 1 saturated heterocycles. The molecular weight excluding hydrogens is 374 g/mol. The van der Waals surface area contributed by atoms with E-state index in [1.807, 2.05) is 47.4 Å². The molecule has 0 bridgehead atoms. The van der Waals surface area contributed by atoms with Gasteiger partial charge in [0.1, 0.15) is 6.33 Å². The highest BCUT2D eigenvalue weighted by Crippen LogP contribution is 2.29. The van der Waals surface area contributed by atoms with Gasteiger partial charge in [0.15, 0.2) is 5.13 Å². The maximum absolute atomic E-state index is 12.9. The Hall–Kier alpha value is -3.33. The van der Waals surface area contributed by atoms with Crippen molar-refractivity contribution in [2.75, 3.05) is 31.1 Å². The molecule has 1 fully saturated rings. The lowest BCUT2D eigenvalue weighted by Gasteiger charge is -2.34. The van der Waals surface area contributed by atoms with Crippen LogP contribution in [0.1, 0.15) is 10.4 Å². The molecule has 0 atom stereocenters. The van der Waals surface area contributed by atoms with Crippen LogP contribution in [-0.4, -0.2) is 62.2 Å². The Kier molecular flexibility index (Phi) is 4.21. The van der Waals surface area contributed by atoms with Gasteiger partial charge in [0.05, 0.1) is 15.9 Å². The summed E-state index contributed by atoms with van der Waals surface area (Å²) in [6.45, 7) is 2.89. The molecule has 3 heterocycles. The minimum absolute atomic E-state index is 0.0267. The van der Waals surface area contributed by atoms with Gasteiger partial charge < -0.3 is 9.80 Å². The van der Waals surface area contributed by atoms with E-state index in [0.717, 1.165) is 29.4 Å². The Morgan fingerprint density at radius 2 is 1.86 bits per heavy atom. The van der Waals surface area contributed by atoms with Crippen LogP contribution in [0, 0.1) is 0 Å². The van der Waals surface area contributed by atoms with E-state index in [1.54, 1.807) is 16.0 Å². The molecule has 0 aliphatic carbocycles. The summed E-state index contributed by atoms with van der Waals surface area (Å²) in [5, 5.41) is 12.2. The molecule has 2 aromatic heterocycles. The number of nitrogens with zero attached hydrogens (tertiary/aromatic N) is 7. The van der Waals surface area contributed by atoms with Crippen molar-refractivity contribution in [3.8, 4) is 5.69 Å². The Bertz CT molecular complexity index is 1080. The number of thiazole rings is 1. The minimum Gasteiger partial charge on any atom is -0.345 e. The van der Waals surface area contributed by atoms with Crippen LogP contribution in [0.15, 0.2) is 54.9 Å². The summed E-state index contributed by atoms with van der Waals surface area (Å²) >= 11 is 1.70. The van der Waals surface area contributed by atoms with E-state index >= 15 is 0 Å². The number of aromatic nitrogens is 5. The third-order valence-corrected chi connectivity index (χ3v) is 5.92. The predicted molar refractivity (Wildman–Crippen MR) is 107 cm³/mol. The van der Waals surface area contributed by atoms with Gasteiger partial charge in [0, 0.05) is 31.7 Å².